The molecule has 0 atom stereocenters. The Morgan fingerprint density at radius 2 is 0.917 bits per heavy atom. The van der Waals surface area contributed by atoms with E-state index in [0.717, 1.165) is 0 Å². The van der Waals surface area contributed by atoms with Gasteiger partial charge >= 0.3 is 23.9 Å². The first-order valence-corrected chi connectivity index (χ1v) is 10.7. The third-order valence-corrected chi connectivity index (χ3v) is 4.07. The molecule has 0 N–H and O–H groups in total. The van der Waals surface area contributed by atoms with Gasteiger partial charge in [0.25, 0.3) is 0 Å². The molecule has 2 rings (SSSR count). The van der Waals surface area contributed by atoms with E-state index in [1.165, 1.54) is 27.7 Å². The summed E-state index contributed by atoms with van der Waals surface area (Å²) in [5.41, 5.74) is -1.38. The lowest BCUT2D eigenvalue weighted by Crippen LogP contribution is -2.31. The third kappa shape index (κ3) is 10.4. The third-order valence-electron chi connectivity index (χ3n) is 4.07. The zero-order chi connectivity index (χ0) is 26.6. The second-order valence-corrected chi connectivity index (χ2v) is 8.30. The average Bonchev–Trinajstić information content (AvgIpc) is 2.88. The summed E-state index contributed by atoms with van der Waals surface area (Å²) in [7, 11) is 0. The normalized spacial score (nSPS) is 10.9. The molecular weight excluding hydrogens is 472 g/mol. The number of carbonyl (C=O) groups excluding carboxylic acids is 4. The quantitative estimate of drug-likeness (QED) is 0.176. The summed E-state index contributed by atoms with van der Waals surface area (Å²) >= 11 is 0. The first kappa shape index (κ1) is 28.0. The summed E-state index contributed by atoms with van der Waals surface area (Å²) in [6.45, 7) is 5.58. The molecule has 0 radical (unpaired) electrons. The largest absolute Gasteiger partial charge is 0.452 e. The Labute approximate surface area is 208 Å². The van der Waals surface area contributed by atoms with Crippen molar-refractivity contribution in [1.29, 1.82) is 0 Å². The molecule has 0 aliphatic carbocycles. The first-order chi connectivity index (χ1) is 17.0. The van der Waals surface area contributed by atoms with Crippen molar-refractivity contribution in [2.45, 2.75) is 52.1 Å². The highest BCUT2D eigenvalue weighted by Crippen LogP contribution is 2.13. The molecule has 0 aliphatic heterocycles. The van der Waals surface area contributed by atoms with Crippen LogP contribution in [-0.2, 0) is 61.4 Å². The van der Waals surface area contributed by atoms with Crippen molar-refractivity contribution < 1.29 is 48.2 Å². The highest BCUT2D eigenvalue weighted by Gasteiger charge is 2.28. The monoisotopic (exact) mass is 498 g/mol. The van der Waals surface area contributed by atoms with Gasteiger partial charge in [-0.3, -0.25) is 9.78 Å². The van der Waals surface area contributed by atoms with Crippen molar-refractivity contribution >= 4 is 23.9 Å². The minimum absolute atomic E-state index is 0.109. The van der Waals surface area contributed by atoms with Crippen LogP contribution in [0.4, 0.5) is 0 Å². The smallest absolute Gasteiger partial charge is 0.449 e. The van der Waals surface area contributed by atoms with E-state index in [1.807, 2.05) is 0 Å². The topological polar surface area (TPSA) is 124 Å². The minimum Gasteiger partial charge on any atom is -0.452 e. The van der Waals surface area contributed by atoms with E-state index in [-0.39, 0.29) is 13.2 Å². The second kappa shape index (κ2) is 13.0. The van der Waals surface area contributed by atoms with Crippen LogP contribution in [0.25, 0.3) is 0 Å². The number of hydrogen-bond donors (Lipinski definition) is 0. The molecule has 0 aliphatic rings. The zero-order valence-electron chi connectivity index (χ0n) is 20.3. The van der Waals surface area contributed by atoms with E-state index in [0.29, 0.717) is 11.1 Å². The van der Waals surface area contributed by atoms with Crippen LogP contribution < -0.4 is 0 Å². The molecule has 0 spiro atoms. The SMILES string of the molecule is CC(C)(C#CC(C)(C)OOC(=O)C(=O)OCc1ccccc1)OOC(=O)C(=O)OCc1ccccc1. The van der Waals surface area contributed by atoms with Gasteiger partial charge in [-0.2, -0.15) is 9.78 Å². The molecule has 0 unspecified atom stereocenters. The van der Waals surface area contributed by atoms with Crippen molar-refractivity contribution in [2.24, 2.45) is 0 Å². The zero-order valence-corrected chi connectivity index (χ0v) is 20.3. The molecule has 0 bridgehead atoms. The molecule has 0 saturated heterocycles. The van der Waals surface area contributed by atoms with E-state index < -0.39 is 35.1 Å². The van der Waals surface area contributed by atoms with Gasteiger partial charge < -0.3 is 9.47 Å². The van der Waals surface area contributed by atoms with E-state index >= 15 is 0 Å². The van der Waals surface area contributed by atoms with Gasteiger partial charge in [-0.25, -0.2) is 19.2 Å². The predicted molar refractivity (Wildman–Crippen MR) is 123 cm³/mol. The Hall–Kier alpha value is -4.20. The average molecular weight is 498 g/mol. The summed E-state index contributed by atoms with van der Waals surface area (Å²) in [5, 5.41) is 0. The summed E-state index contributed by atoms with van der Waals surface area (Å²) in [5.74, 6) is 0.0333. The summed E-state index contributed by atoms with van der Waals surface area (Å²) in [6.07, 6.45) is 0. The van der Waals surface area contributed by atoms with Crippen LogP contribution in [-0.4, -0.2) is 35.1 Å². The van der Waals surface area contributed by atoms with E-state index in [2.05, 4.69) is 21.6 Å². The van der Waals surface area contributed by atoms with Crippen LogP contribution in [0, 0.1) is 11.8 Å². The number of ether oxygens (including phenoxy) is 2. The molecule has 0 aromatic heterocycles. The standard InChI is InChI=1S/C26H26O10/c1-25(2,35-33-23(29)21(27)31-17-19-11-7-5-8-12-19)15-16-26(3,4)36-34-24(30)22(28)32-18-20-13-9-6-10-14-20/h5-14H,17-18H2,1-4H3. The molecule has 0 amide bonds. The van der Waals surface area contributed by atoms with Gasteiger partial charge in [0, 0.05) is 0 Å². The summed E-state index contributed by atoms with van der Waals surface area (Å²) < 4.78 is 9.70. The van der Waals surface area contributed by atoms with Crippen molar-refractivity contribution in [2.75, 3.05) is 0 Å². The number of esters is 2. The van der Waals surface area contributed by atoms with Gasteiger partial charge in [-0.1, -0.05) is 72.5 Å². The number of benzene rings is 2. The van der Waals surface area contributed by atoms with Crippen LogP contribution in [0.15, 0.2) is 60.7 Å². The molecule has 36 heavy (non-hydrogen) atoms. The molecule has 0 fully saturated rings. The highest BCUT2D eigenvalue weighted by atomic mass is 17.2. The van der Waals surface area contributed by atoms with Crippen molar-refractivity contribution in [1.82, 2.24) is 0 Å². The Morgan fingerprint density at radius 3 is 1.25 bits per heavy atom. The van der Waals surface area contributed by atoms with E-state index in [1.54, 1.807) is 60.7 Å². The molecule has 0 heterocycles. The molecular formula is C26H26O10. The fourth-order valence-corrected chi connectivity index (χ4v) is 2.26. The van der Waals surface area contributed by atoms with Crippen molar-refractivity contribution in [3.63, 3.8) is 0 Å². The van der Waals surface area contributed by atoms with Crippen molar-refractivity contribution in [3.8, 4) is 11.8 Å². The maximum Gasteiger partial charge on any atom is 0.449 e. The van der Waals surface area contributed by atoms with Gasteiger partial charge in [0.1, 0.15) is 13.2 Å². The van der Waals surface area contributed by atoms with E-state index in [4.69, 9.17) is 19.2 Å². The minimum atomic E-state index is -1.38. The van der Waals surface area contributed by atoms with Gasteiger partial charge in [-0.15, -0.1) is 0 Å². The van der Waals surface area contributed by atoms with Crippen LogP contribution in [0.2, 0.25) is 0 Å². The van der Waals surface area contributed by atoms with E-state index in [9.17, 15) is 19.2 Å². The highest BCUT2D eigenvalue weighted by molar-refractivity contribution is 6.29. The molecule has 2 aromatic rings. The van der Waals surface area contributed by atoms with Crippen LogP contribution >= 0.6 is 0 Å². The molecule has 190 valence electrons. The predicted octanol–water partition coefficient (Wildman–Crippen LogP) is 2.98. The van der Waals surface area contributed by atoms with Crippen LogP contribution in [0.1, 0.15) is 38.8 Å². The van der Waals surface area contributed by atoms with Gasteiger partial charge in [0.05, 0.1) is 0 Å². The lowest BCUT2D eigenvalue weighted by molar-refractivity contribution is -0.311. The Morgan fingerprint density at radius 1 is 0.583 bits per heavy atom. The molecule has 10 heteroatoms. The van der Waals surface area contributed by atoms with Crippen LogP contribution in [0.3, 0.4) is 0 Å². The van der Waals surface area contributed by atoms with Crippen LogP contribution in [0.5, 0.6) is 0 Å². The number of rotatable bonds is 8. The molecule has 10 nitrogen and oxygen atoms in total. The lowest BCUT2D eigenvalue weighted by atomic mass is 10.1. The van der Waals surface area contributed by atoms with Gasteiger partial charge in [0.15, 0.2) is 11.2 Å². The van der Waals surface area contributed by atoms with Crippen molar-refractivity contribution in [3.05, 3.63) is 71.8 Å². The second-order valence-electron chi connectivity index (χ2n) is 8.30. The Balaban J connectivity index is 1.77. The maximum atomic E-state index is 11.8. The Kier molecular flexibility index (Phi) is 10.2. The van der Waals surface area contributed by atoms with Gasteiger partial charge in [0.2, 0.25) is 0 Å². The number of hydrogen-bond acceptors (Lipinski definition) is 10. The molecule has 0 saturated carbocycles. The van der Waals surface area contributed by atoms with Gasteiger partial charge in [-0.05, 0) is 38.8 Å². The lowest BCUT2D eigenvalue weighted by Gasteiger charge is -2.19. The fourth-order valence-electron chi connectivity index (χ4n) is 2.26. The number of carbonyl (C=O) groups is 4. The summed E-state index contributed by atoms with van der Waals surface area (Å²) in [6, 6.07) is 17.5. The summed E-state index contributed by atoms with van der Waals surface area (Å²) in [4.78, 5) is 66.0. The Bertz CT molecular complexity index is 1020. The maximum absolute atomic E-state index is 11.8. The molecule has 2 aromatic carbocycles. The fraction of sp³-hybridized carbons (Fsp3) is 0.308. The first-order valence-electron chi connectivity index (χ1n) is 10.7.